The Morgan fingerprint density at radius 2 is 2.27 bits per heavy atom. The van der Waals surface area contributed by atoms with Gasteiger partial charge in [-0.15, -0.1) is 23.4 Å². The van der Waals surface area contributed by atoms with E-state index in [1.54, 1.807) is 11.8 Å². The largest absolute Gasteiger partial charge is 0.192 e. The molecule has 0 radical (unpaired) electrons. The third-order valence-electron chi connectivity index (χ3n) is 2.17. The summed E-state index contributed by atoms with van der Waals surface area (Å²) in [5.74, 6) is 0.669. The molecule has 0 bridgehead atoms. The number of hydrogen-bond acceptors (Lipinski definition) is 2. The van der Waals surface area contributed by atoms with Crippen molar-refractivity contribution in [3.05, 3.63) is 29.3 Å². The molecular formula is C12H14ClNS. The van der Waals surface area contributed by atoms with E-state index < -0.39 is 0 Å². The lowest BCUT2D eigenvalue weighted by Gasteiger charge is -2.12. The quantitative estimate of drug-likeness (QED) is 0.586. The summed E-state index contributed by atoms with van der Waals surface area (Å²) in [6, 6.07) is 8.05. The topological polar surface area (TPSA) is 23.8 Å². The van der Waals surface area contributed by atoms with Crippen LogP contribution in [0.5, 0.6) is 0 Å². The number of rotatable bonds is 4. The molecule has 15 heavy (non-hydrogen) atoms. The van der Waals surface area contributed by atoms with Crippen LogP contribution >= 0.6 is 23.4 Å². The minimum Gasteiger partial charge on any atom is -0.192 e. The molecule has 1 rings (SSSR count). The van der Waals surface area contributed by atoms with Crippen molar-refractivity contribution < 1.29 is 0 Å². The van der Waals surface area contributed by atoms with E-state index in [1.807, 2.05) is 25.1 Å². The molecule has 0 aliphatic carbocycles. The van der Waals surface area contributed by atoms with Crippen LogP contribution in [-0.4, -0.2) is 11.1 Å². The van der Waals surface area contributed by atoms with Crippen LogP contribution in [0.4, 0.5) is 0 Å². The number of benzene rings is 1. The van der Waals surface area contributed by atoms with E-state index in [9.17, 15) is 0 Å². The minimum atomic E-state index is 0.454. The maximum atomic E-state index is 9.00. The fourth-order valence-corrected chi connectivity index (χ4v) is 2.90. The van der Waals surface area contributed by atoms with Crippen molar-refractivity contribution in [3.8, 4) is 6.07 Å². The standard InChI is InChI=1S/C12H14ClNS/c1-9-4-3-5-11(8-14)12(9)15-10(2)6-7-13/h3-5,10H,6-7H2,1-2H3. The van der Waals surface area contributed by atoms with Gasteiger partial charge in [0.2, 0.25) is 0 Å². The molecule has 0 amide bonds. The Morgan fingerprint density at radius 3 is 2.87 bits per heavy atom. The highest BCUT2D eigenvalue weighted by Gasteiger charge is 2.10. The van der Waals surface area contributed by atoms with Crippen LogP contribution in [-0.2, 0) is 0 Å². The normalized spacial score (nSPS) is 12.1. The number of halogens is 1. The van der Waals surface area contributed by atoms with E-state index in [4.69, 9.17) is 16.9 Å². The zero-order valence-electron chi connectivity index (χ0n) is 8.96. The fourth-order valence-electron chi connectivity index (χ4n) is 1.31. The molecule has 0 aliphatic rings. The van der Waals surface area contributed by atoms with Crippen molar-refractivity contribution in [2.45, 2.75) is 30.4 Å². The Hall–Kier alpha value is -0.650. The number of alkyl halides is 1. The molecule has 0 spiro atoms. The maximum absolute atomic E-state index is 9.00. The lowest BCUT2D eigenvalue weighted by Crippen LogP contribution is -1.98. The smallest absolute Gasteiger partial charge is 0.100 e. The molecule has 0 aliphatic heterocycles. The van der Waals surface area contributed by atoms with Crippen molar-refractivity contribution in [2.24, 2.45) is 0 Å². The zero-order valence-corrected chi connectivity index (χ0v) is 10.5. The van der Waals surface area contributed by atoms with Gasteiger partial charge in [-0.3, -0.25) is 0 Å². The van der Waals surface area contributed by atoms with Gasteiger partial charge in [-0.1, -0.05) is 19.1 Å². The molecule has 0 saturated heterocycles. The SMILES string of the molecule is Cc1cccc(C#N)c1SC(C)CCCl. The first-order chi connectivity index (χ1) is 7.19. The summed E-state index contributed by atoms with van der Waals surface area (Å²) in [6.07, 6.45) is 0.964. The second-order valence-electron chi connectivity index (χ2n) is 3.47. The number of thioether (sulfide) groups is 1. The molecule has 1 atom stereocenters. The highest BCUT2D eigenvalue weighted by Crippen LogP contribution is 2.31. The van der Waals surface area contributed by atoms with E-state index in [0.29, 0.717) is 11.1 Å². The van der Waals surface area contributed by atoms with Gasteiger partial charge in [0.05, 0.1) is 5.56 Å². The minimum absolute atomic E-state index is 0.454. The highest BCUT2D eigenvalue weighted by atomic mass is 35.5. The third kappa shape index (κ3) is 3.44. The average molecular weight is 240 g/mol. The molecular weight excluding hydrogens is 226 g/mol. The van der Waals surface area contributed by atoms with E-state index in [-0.39, 0.29) is 0 Å². The maximum Gasteiger partial charge on any atom is 0.100 e. The van der Waals surface area contributed by atoms with Gasteiger partial charge in [0, 0.05) is 16.0 Å². The van der Waals surface area contributed by atoms with Gasteiger partial charge < -0.3 is 0 Å². The fraction of sp³-hybridized carbons (Fsp3) is 0.417. The van der Waals surface area contributed by atoms with Gasteiger partial charge in [-0.25, -0.2) is 0 Å². The molecule has 0 N–H and O–H groups in total. The predicted molar refractivity (Wildman–Crippen MR) is 66.6 cm³/mol. The van der Waals surface area contributed by atoms with Gasteiger partial charge in [0.15, 0.2) is 0 Å². The molecule has 0 fully saturated rings. The number of aryl methyl sites for hydroxylation is 1. The molecule has 3 heteroatoms. The van der Waals surface area contributed by atoms with Crippen LogP contribution in [0.25, 0.3) is 0 Å². The van der Waals surface area contributed by atoms with E-state index >= 15 is 0 Å². The van der Waals surface area contributed by atoms with Crippen molar-refractivity contribution in [1.82, 2.24) is 0 Å². The van der Waals surface area contributed by atoms with Crippen molar-refractivity contribution in [1.29, 1.82) is 5.26 Å². The summed E-state index contributed by atoms with van der Waals surface area (Å²) < 4.78 is 0. The Morgan fingerprint density at radius 1 is 1.53 bits per heavy atom. The van der Waals surface area contributed by atoms with Crippen LogP contribution in [0, 0.1) is 18.3 Å². The van der Waals surface area contributed by atoms with Crippen LogP contribution in [0.1, 0.15) is 24.5 Å². The van der Waals surface area contributed by atoms with Crippen LogP contribution in [0.2, 0.25) is 0 Å². The Labute approximate surface area is 100 Å². The Kier molecular flexibility index (Phi) is 5.01. The molecule has 1 aromatic carbocycles. The average Bonchev–Trinajstić information content (AvgIpc) is 2.21. The van der Waals surface area contributed by atoms with Crippen molar-refractivity contribution in [3.63, 3.8) is 0 Å². The molecule has 0 saturated carbocycles. The molecule has 0 heterocycles. The molecule has 0 aromatic heterocycles. The lowest BCUT2D eigenvalue weighted by atomic mass is 10.1. The third-order valence-corrected chi connectivity index (χ3v) is 3.80. The second-order valence-corrected chi connectivity index (χ2v) is 5.30. The number of nitrogens with zero attached hydrogens (tertiary/aromatic N) is 1. The Bertz CT molecular complexity index is 370. The van der Waals surface area contributed by atoms with Crippen molar-refractivity contribution in [2.75, 3.05) is 5.88 Å². The van der Waals surface area contributed by atoms with Gasteiger partial charge in [0.1, 0.15) is 6.07 Å². The highest BCUT2D eigenvalue weighted by molar-refractivity contribution is 8.00. The summed E-state index contributed by atoms with van der Waals surface area (Å²) in [7, 11) is 0. The summed E-state index contributed by atoms with van der Waals surface area (Å²) in [6.45, 7) is 4.18. The summed E-state index contributed by atoms with van der Waals surface area (Å²) in [5, 5.41) is 9.45. The molecule has 1 nitrogen and oxygen atoms in total. The van der Waals surface area contributed by atoms with Crippen molar-refractivity contribution >= 4 is 23.4 Å². The number of nitriles is 1. The van der Waals surface area contributed by atoms with Crippen LogP contribution in [0.15, 0.2) is 23.1 Å². The van der Waals surface area contributed by atoms with E-state index in [0.717, 1.165) is 16.9 Å². The van der Waals surface area contributed by atoms with Crippen LogP contribution in [0.3, 0.4) is 0 Å². The summed E-state index contributed by atoms with van der Waals surface area (Å²) in [4.78, 5) is 1.10. The monoisotopic (exact) mass is 239 g/mol. The van der Waals surface area contributed by atoms with E-state index in [2.05, 4.69) is 13.0 Å². The second kappa shape index (κ2) is 6.05. The first-order valence-corrected chi connectivity index (χ1v) is 6.32. The van der Waals surface area contributed by atoms with Gasteiger partial charge in [-0.05, 0) is 25.0 Å². The predicted octanol–water partition coefficient (Wildman–Crippen LogP) is 3.98. The van der Waals surface area contributed by atoms with Crippen LogP contribution < -0.4 is 0 Å². The lowest BCUT2D eigenvalue weighted by molar-refractivity contribution is 0.911. The molecule has 1 unspecified atom stereocenters. The first kappa shape index (κ1) is 12.4. The number of hydrogen-bond donors (Lipinski definition) is 0. The van der Waals surface area contributed by atoms with Gasteiger partial charge in [0.25, 0.3) is 0 Å². The zero-order chi connectivity index (χ0) is 11.3. The summed E-state index contributed by atoms with van der Waals surface area (Å²) >= 11 is 7.44. The molecule has 80 valence electrons. The Balaban J connectivity index is 2.88. The van der Waals surface area contributed by atoms with E-state index in [1.165, 1.54) is 5.56 Å². The van der Waals surface area contributed by atoms with Gasteiger partial charge in [-0.2, -0.15) is 5.26 Å². The molecule has 1 aromatic rings. The van der Waals surface area contributed by atoms with Gasteiger partial charge >= 0.3 is 0 Å². The first-order valence-electron chi connectivity index (χ1n) is 4.91. The summed E-state index contributed by atoms with van der Waals surface area (Å²) in [5.41, 5.74) is 1.93.